The van der Waals surface area contributed by atoms with E-state index in [-0.39, 0.29) is 5.69 Å². The summed E-state index contributed by atoms with van der Waals surface area (Å²) in [5.41, 5.74) is 1.52. The van der Waals surface area contributed by atoms with Crippen molar-refractivity contribution < 1.29 is 4.92 Å². The highest BCUT2D eigenvalue weighted by Gasteiger charge is 2.10. The molecule has 0 amide bonds. The van der Waals surface area contributed by atoms with Gasteiger partial charge >= 0.3 is 0 Å². The minimum absolute atomic E-state index is 0.0665. The molecule has 0 fully saturated rings. The van der Waals surface area contributed by atoms with Crippen LogP contribution < -0.4 is 0 Å². The highest BCUT2D eigenvalue weighted by Crippen LogP contribution is 2.18. The molecule has 0 aliphatic rings. The Bertz CT molecular complexity index is 456. The monoisotopic (exact) mass is 218 g/mol. The summed E-state index contributed by atoms with van der Waals surface area (Å²) in [5.74, 6) is 5.73. The Balaban J connectivity index is 3.04. The van der Waals surface area contributed by atoms with Crippen LogP contribution >= 0.6 is 0 Å². The lowest BCUT2D eigenvalue weighted by Crippen LogP contribution is -2.10. The van der Waals surface area contributed by atoms with Crippen LogP contribution in [0.4, 0.5) is 5.69 Å². The molecule has 0 saturated carbocycles. The maximum absolute atomic E-state index is 10.8. The lowest BCUT2D eigenvalue weighted by molar-refractivity contribution is -0.385. The molecule has 4 nitrogen and oxygen atoms in total. The van der Waals surface area contributed by atoms with Crippen molar-refractivity contribution in [3.05, 3.63) is 39.4 Å². The third-order valence-corrected chi connectivity index (χ3v) is 1.97. The molecule has 0 unspecified atom stereocenters. The maximum atomic E-state index is 10.8. The first kappa shape index (κ1) is 12.2. The zero-order valence-corrected chi connectivity index (χ0v) is 9.65. The van der Waals surface area contributed by atoms with Gasteiger partial charge in [-0.15, -0.1) is 0 Å². The van der Waals surface area contributed by atoms with Crippen molar-refractivity contribution in [1.82, 2.24) is 4.90 Å². The molecule has 1 rings (SSSR count). The molecule has 0 bridgehead atoms. The Labute approximate surface area is 95.0 Å². The molecular weight excluding hydrogens is 204 g/mol. The van der Waals surface area contributed by atoms with Gasteiger partial charge in [0.1, 0.15) is 5.56 Å². The molecule has 0 radical (unpaired) electrons. The molecule has 1 aromatic carbocycles. The molecule has 0 aliphatic carbocycles. The number of nitro benzene ring substituents is 1. The minimum atomic E-state index is -0.404. The van der Waals surface area contributed by atoms with Crippen molar-refractivity contribution >= 4 is 5.69 Å². The SMILES string of the molecule is Cc1ccc([N+](=O)[O-])c(C#CCN(C)C)c1. The fourth-order valence-corrected chi connectivity index (χ4v) is 1.20. The summed E-state index contributed by atoms with van der Waals surface area (Å²) in [6.45, 7) is 2.48. The van der Waals surface area contributed by atoms with Gasteiger partial charge in [0.2, 0.25) is 0 Å². The van der Waals surface area contributed by atoms with Crippen molar-refractivity contribution in [3.8, 4) is 11.8 Å². The van der Waals surface area contributed by atoms with Crippen LogP contribution in [0.15, 0.2) is 18.2 Å². The second-order valence-electron chi connectivity index (χ2n) is 3.82. The molecule has 16 heavy (non-hydrogen) atoms. The normalized spacial score (nSPS) is 9.75. The average molecular weight is 218 g/mol. The summed E-state index contributed by atoms with van der Waals surface area (Å²) in [6.07, 6.45) is 0. The topological polar surface area (TPSA) is 46.4 Å². The number of rotatable bonds is 2. The zero-order valence-electron chi connectivity index (χ0n) is 9.65. The fraction of sp³-hybridized carbons (Fsp3) is 0.333. The highest BCUT2D eigenvalue weighted by atomic mass is 16.6. The molecule has 0 aromatic heterocycles. The molecule has 1 aromatic rings. The van der Waals surface area contributed by atoms with E-state index in [0.29, 0.717) is 12.1 Å². The van der Waals surface area contributed by atoms with Crippen LogP contribution in [-0.4, -0.2) is 30.5 Å². The Kier molecular flexibility index (Phi) is 4.03. The van der Waals surface area contributed by atoms with E-state index >= 15 is 0 Å². The van der Waals surface area contributed by atoms with E-state index in [0.717, 1.165) is 5.56 Å². The number of hydrogen-bond acceptors (Lipinski definition) is 3. The first-order chi connectivity index (χ1) is 7.50. The van der Waals surface area contributed by atoms with Crippen LogP contribution in [0.2, 0.25) is 0 Å². The van der Waals surface area contributed by atoms with Gasteiger partial charge in [0, 0.05) is 6.07 Å². The predicted molar refractivity (Wildman–Crippen MR) is 63.3 cm³/mol. The zero-order chi connectivity index (χ0) is 12.1. The van der Waals surface area contributed by atoms with Gasteiger partial charge in [0.25, 0.3) is 5.69 Å². The van der Waals surface area contributed by atoms with E-state index in [1.165, 1.54) is 6.07 Å². The van der Waals surface area contributed by atoms with Crippen LogP contribution in [0.25, 0.3) is 0 Å². The van der Waals surface area contributed by atoms with Gasteiger partial charge in [-0.25, -0.2) is 0 Å². The van der Waals surface area contributed by atoms with E-state index in [4.69, 9.17) is 0 Å². The van der Waals surface area contributed by atoms with Gasteiger partial charge in [0.05, 0.1) is 11.5 Å². The summed E-state index contributed by atoms with van der Waals surface area (Å²) in [7, 11) is 3.80. The quantitative estimate of drug-likeness (QED) is 0.432. The van der Waals surface area contributed by atoms with Crippen LogP contribution in [0.1, 0.15) is 11.1 Å². The fourth-order valence-electron chi connectivity index (χ4n) is 1.20. The minimum Gasteiger partial charge on any atom is -0.299 e. The van der Waals surface area contributed by atoms with Crippen LogP contribution in [0, 0.1) is 28.9 Å². The van der Waals surface area contributed by atoms with Crippen molar-refractivity contribution in [2.75, 3.05) is 20.6 Å². The number of aryl methyl sites for hydroxylation is 1. The molecule has 84 valence electrons. The first-order valence-corrected chi connectivity index (χ1v) is 4.89. The second-order valence-corrected chi connectivity index (χ2v) is 3.82. The van der Waals surface area contributed by atoms with E-state index in [1.807, 2.05) is 25.9 Å². The first-order valence-electron chi connectivity index (χ1n) is 4.89. The van der Waals surface area contributed by atoms with Crippen LogP contribution in [-0.2, 0) is 0 Å². The second kappa shape index (κ2) is 5.29. The number of nitrogens with zero attached hydrogens (tertiary/aromatic N) is 2. The Morgan fingerprint density at radius 2 is 2.12 bits per heavy atom. The standard InChI is InChI=1S/C12H14N2O2/c1-10-6-7-12(14(15)16)11(9-10)5-4-8-13(2)3/h6-7,9H,8H2,1-3H3. The summed E-state index contributed by atoms with van der Waals surface area (Å²) in [5, 5.41) is 10.8. The van der Waals surface area contributed by atoms with E-state index in [2.05, 4.69) is 11.8 Å². The number of benzene rings is 1. The van der Waals surface area contributed by atoms with Crippen LogP contribution in [0.3, 0.4) is 0 Å². The van der Waals surface area contributed by atoms with Gasteiger partial charge in [-0.05, 0) is 32.6 Å². The molecule has 0 saturated heterocycles. The Morgan fingerprint density at radius 3 is 2.69 bits per heavy atom. The summed E-state index contributed by atoms with van der Waals surface area (Å²) < 4.78 is 0. The van der Waals surface area contributed by atoms with Crippen molar-refractivity contribution in [3.63, 3.8) is 0 Å². The van der Waals surface area contributed by atoms with E-state index in [9.17, 15) is 10.1 Å². The van der Waals surface area contributed by atoms with Crippen LogP contribution in [0.5, 0.6) is 0 Å². The van der Waals surface area contributed by atoms with Crippen molar-refractivity contribution in [1.29, 1.82) is 0 Å². The predicted octanol–water partition coefficient (Wildman–Crippen LogP) is 1.82. The van der Waals surface area contributed by atoms with Gasteiger partial charge in [-0.1, -0.05) is 17.9 Å². The molecule has 0 N–H and O–H groups in total. The third kappa shape index (κ3) is 3.37. The molecule has 0 spiro atoms. The van der Waals surface area contributed by atoms with Gasteiger partial charge in [-0.3, -0.25) is 15.0 Å². The summed E-state index contributed by atoms with van der Waals surface area (Å²) in [4.78, 5) is 12.3. The van der Waals surface area contributed by atoms with Gasteiger partial charge in [-0.2, -0.15) is 0 Å². The van der Waals surface area contributed by atoms with Gasteiger partial charge < -0.3 is 0 Å². The highest BCUT2D eigenvalue weighted by molar-refractivity contribution is 5.52. The van der Waals surface area contributed by atoms with Gasteiger partial charge in [0.15, 0.2) is 0 Å². The molecule has 0 aliphatic heterocycles. The summed E-state index contributed by atoms with van der Waals surface area (Å²) >= 11 is 0. The van der Waals surface area contributed by atoms with E-state index in [1.54, 1.807) is 12.1 Å². The molecule has 0 heterocycles. The summed E-state index contributed by atoms with van der Waals surface area (Å²) in [6, 6.07) is 4.95. The largest absolute Gasteiger partial charge is 0.299 e. The third-order valence-electron chi connectivity index (χ3n) is 1.97. The van der Waals surface area contributed by atoms with Crippen molar-refractivity contribution in [2.45, 2.75) is 6.92 Å². The lowest BCUT2D eigenvalue weighted by Gasteiger charge is -2.01. The number of nitro groups is 1. The lowest BCUT2D eigenvalue weighted by atomic mass is 10.1. The molecular formula is C12H14N2O2. The molecule has 0 atom stereocenters. The Hall–Kier alpha value is -1.86. The maximum Gasteiger partial charge on any atom is 0.284 e. The van der Waals surface area contributed by atoms with Crippen molar-refractivity contribution in [2.24, 2.45) is 0 Å². The Morgan fingerprint density at radius 1 is 1.44 bits per heavy atom. The van der Waals surface area contributed by atoms with E-state index < -0.39 is 4.92 Å². The number of hydrogen-bond donors (Lipinski definition) is 0. The smallest absolute Gasteiger partial charge is 0.284 e. The average Bonchev–Trinajstić information content (AvgIpc) is 2.16. The molecule has 4 heteroatoms.